The first-order valence-corrected chi connectivity index (χ1v) is 9.09. The van der Waals surface area contributed by atoms with Gasteiger partial charge in [0.1, 0.15) is 11.2 Å². The molecule has 1 aromatic carbocycles. The molecule has 4 rings (SSSR count). The van der Waals surface area contributed by atoms with Crippen molar-refractivity contribution in [2.75, 3.05) is 12.4 Å². The Morgan fingerprint density at radius 1 is 1.30 bits per heavy atom. The van der Waals surface area contributed by atoms with E-state index < -0.39 is 0 Å². The minimum absolute atomic E-state index is 0.152. The van der Waals surface area contributed by atoms with Gasteiger partial charge in [0.2, 0.25) is 0 Å². The quantitative estimate of drug-likeness (QED) is 0.506. The molecule has 0 bridgehead atoms. The molecule has 0 spiro atoms. The van der Waals surface area contributed by atoms with Crippen LogP contribution in [-0.2, 0) is 0 Å². The first-order valence-electron chi connectivity index (χ1n) is 9.09. The van der Waals surface area contributed by atoms with E-state index in [1.807, 2.05) is 38.2 Å². The lowest BCUT2D eigenvalue weighted by molar-refractivity contribution is 0.0937. The lowest BCUT2D eigenvalue weighted by Gasteiger charge is -2.12. The molecule has 7 heteroatoms. The van der Waals surface area contributed by atoms with Crippen molar-refractivity contribution < 1.29 is 4.79 Å². The fraction of sp³-hybridized carbons (Fsp3) is 0.300. The number of nitrogens with zero attached hydrogens (tertiary/aromatic N) is 2. The Balaban J connectivity index is 1.67. The molecule has 3 aromatic rings. The maximum Gasteiger partial charge on any atom is 0.255 e. The lowest BCUT2D eigenvalue weighted by Crippen LogP contribution is -2.33. The number of carbonyl (C=O) groups is 1. The summed E-state index contributed by atoms with van der Waals surface area (Å²) >= 11 is 0. The summed E-state index contributed by atoms with van der Waals surface area (Å²) in [5.41, 5.74) is 3.74. The van der Waals surface area contributed by atoms with Crippen LogP contribution in [0.1, 0.15) is 41.4 Å². The maximum atomic E-state index is 12.7. The molecule has 1 aliphatic carbocycles. The molecule has 2 heterocycles. The highest BCUT2D eigenvalue weighted by molar-refractivity contribution is 6.14. The number of aromatic nitrogens is 3. The highest BCUT2D eigenvalue weighted by Gasteiger charge is 2.29. The van der Waals surface area contributed by atoms with E-state index in [4.69, 9.17) is 5.41 Å². The molecule has 138 valence electrons. The lowest BCUT2D eigenvalue weighted by atomic mass is 10.1. The van der Waals surface area contributed by atoms with Crippen molar-refractivity contribution in [1.29, 1.82) is 5.41 Å². The van der Waals surface area contributed by atoms with Crippen LogP contribution in [0.3, 0.4) is 0 Å². The van der Waals surface area contributed by atoms with Crippen LogP contribution in [0.2, 0.25) is 0 Å². The van der Waals surface area contributed by atoms with Crippen LogP contribution in [-0.4, -0.2) is 39.7 Å². The highest BCUT2D eigenvalue weighted by atomic mass is 16.1. The number of para-hydroxylation sites is 1. The van der Waals surface area contributed by atoms with E-state index in [9.17, 15) is 4.79 Å². The van der Waals surface area contributed by atoms with Gasteiger partial charge in [-0.3, -0.25) is 10.2 Å². The van der Waals surface area contributed by atoms with Crippen molar-refractivity contribution in [3.8, 4) is 0 Å². The molecule has 1 aliphatic rings. The van der Waals surface area contributed by atoms with E-state index in [-0.39, 0.29) is 17.7 Å². The van der Waals surface area contributed by atoms with Gasteiger partial charge in [0.05, 0.1) is 17.5 Å². The molecule has 0 radical (unpaired) electrons. The second kappa shape index (κ2) is 6.83. The molecular formula is C20H22N6O. The normalized spacial score (nSPS) is 14.7. The van der Waals surface area contributed by atoms with E-state index >= 15 is 0 Å². The number of H-pyrrole nitrogens is 1. The zero-order valence-corrected chi connectivity index (χ0v) is 15.3. The summed E-state index contributed by atoms with van der Waals surface area (Å²) in [6.07, 6.45) is 5.53. The largest absolute Gasteiger partial charge is 0.388 e. The second-order valence-electron chi connectivity index (χ2n) is 6.92. The van der Waals surface area contributed by atoms with Gasteiger partial charge in [0.25, 0.3) is 5.91 Å². The number of fused-ring (bicyclic) bond motifs is 1. The van der Waals surface area contributed by atoms with E-state index in [2.05, 4.69) is 25.6 Å². The van der Waals surface area contributed by atoms with Crippen molar-refractivity contribution in [1.82, 2.24) is 20.3 Å². The van der Waals surface area contributed by atoms with Gasteiger partial charge in [-0.2, -0.15) is 0 Å². The van der Waals surface area contributed by atoms with Crippen molar-refractivity contribution in [3.05, 3.63) is 53.5 Å². The Bertz CT molecular complexity index is 1020. The molecule has 0 aliphatic heterocycles. The maximum absolute atomic E-state index is 12.7. The Hall–Kier alpha value is -3.22. The summed E-state index contributed by atoms with van der Waals surface area (Å²) in [5, 5.41) is 14.7. The average Bonchev–Trinajstić information content (AvgIpc) is 3.46. The molecule has 4 N–H and O–H groups in total. The van der Waals surface area contributed by atoms with Gasteiger partial charge in [0.15, 0.2) is 5.65 Å². The molecular weight excluding hydrogens is 340 g/mol. The molecule has 1 saturated carbocycles. The van der Waals surface area contributed by atoms with Crippen LogP contribution in [0.5, 0.6) is 0 Å². The van der Waals surface area contributed by atoms with E-state index in [0.29, 0.717) is 28.3 Å². The fourth-order valence-electron chi connectivity index (χ4n) is 3.24. The van der Waals surface area contributed by atoms with Gasteiger partial charge >= 0.3 is 0 Å². The summed E-state index contributed by atoms with van der Waals surface area (Å²) in [4.78, 5) is 24.6. The molecule has 0 saturated heterocycles. The first-order chi connectivity index (χ1) is 13.1. The highest BCUT2D eigenvalue weighted by Crippen LogP contribution is 2.32. The molecule has 1 fully saturated rings. The predicted octanol–water partition coefficient (Wildman–Crippen LogP) is 2.94. The standard InChI is InChI=1S/C20H22N6O/c1-11(12-7-8-12)25-20(27)14-9-23-19-18(14)26-16(10-24-19)17(21)13-5-3-4-6-15(13)22-2/h3-6,9-12,21-22H,7-8H2,1-2H3,(H,23,24)(H,25,27)/t11-/m0/s1. The van der Waals surface area contributed by atoms with E-state index in [0.717, 1.165) is 11.3 Å². The number of carbonyl (C=O) groups excluding carboxylic acids is 1. The van der Waals surface area contributed by atoms with Gasteiger partial charge in [-0.25, -0.2) is 9.97 Å². The second-order valence-corrected chi connectivity index (χ2v) is 6.92. The fourth-order valence-corrected chi connectivity index (χ4v) is 3.24. The van der Waals surface area contributed by atoms with Crippen LogP contribution in [0.25, 0.3) is 11.2 Å². The number of rotatable bonds is 6. The van der Waals surface area contributed by atoms with Crippen LogP contribution in [0.4, 0.5) is 5.69 Å². The number of hydrogen-bond acceptors (Lipinski definition) is 5. The van der Waals surface area contributed by atoms with Crippen LogP contribution >= 0.6 is 0 Å². The number of hydrogen-bond donors (Lipinski definition) is 4. The Morgan fingerprint density at radius 2 is 2.07 bits per heavy atom. The minimum atomic E-state index is -0.158. The smallest absolute Gasteiger partial charge is 0.255 e. The van der Waals surface area contributed by atoms with Gasteiger partial charge in [-0.1, -0.05) is 18.2 Å². The topological polar surface area (TPSA) is 107 Å². The summed E-state index contributed by atoms with van der Waals surface area (Å²) < 4.78 is 0. The predicted molar refractivity (Wildman–Crippen MR) is 105 cm³/mol. The van der Waals surface area contributed by atoms with Crippen molar-refractivity contribution in [2.45, 2.75) is 25.8 Å². The van der Waals surface area contributed by atoms with Crippen LogP contribution in [0, 0.1) is 11.3 Å². The van der Waals surface area contributed by atoms with Crippen LogP contribution < -0.4 is 10.6 Å². The SMILES string of the molecule is CNc1ccccc1C(=N)c1cnc2[nH]cc(C(=O)N[C@@H](C)C3CC3)c2n1. The molecule has 2 aromatic heterocycles. The van der Waals surface area contributed by atoms with Gasteiger partial charge in [0, 0.05) is 30.5 Å². The molecule has 27 heavy (non-hydrogen) atoms. The monoisotopic (exact) mass is 362 g/mol. The van der Waals surface area contributed by atoms with Gasteiger partial charge in [-0.15, -0.1) is 0 Å². The third kappa shape index (κ3) is 3.28. The Labute approximate surface area is 157 Å². The molecule has 0 unspecified atom stereocenters. The Kier molecular flexibility index (Phi) is 4.35. The number of nitrogens with one attached hydrogen (secondary N) is 4. The third-order valence-electron chi connectivity index (χ3n) is 5.04. The molecule has 7 nitrogen and oxygen atoms in total. The Morgan fingerprint density at radius 3 is 2.81 bits per heavy atom. The molecule has 1 amide bonds. The van der Waals surface area contributed by atoms with Crippen LogP contribution in [0.15, 0.2) is 36.7 Å². The van der Waals surface area contributed by atoms with Crippen molar-refractivity contribution >= 4 is 28.5 Å². The van der Waals surface area contributed by atoms with Crippen molar-refractivity contribution in [3.63, 3.8) is 0 Å². The van der Waals surface area contributed by atoms with Gasteiger partial charge in [-0.05, 0) is 31.7 Å². The summed E-state index contributed by atoms with van der Waals surface area (Å²) in [5.74, 6) is 0.418. The minimum Gasteiger partial charge on any atom is -0.388 e. The zero-order valence-electron chi connectivity index (χ0n) is 15.3. The average molecular weight is 362 g/mol. The summed E-state index contributed by atoms with van der Waals surface area (Å²) in [6, 6.07) is 7.71. The number of anilines is 1. The molecule has 1 atom stereocenters. The van der Waals surface area contributed by atoms with E-state index in [1.165, 1.54) is 12.8 Å². The number of amides is 1. The van der Waals surface area contributed by atoms with E-state index in [1.54, 1.807) is 12.4 Å². The first kappa shape index (κ1) is 17.2. The zero-order chi connectivity index (χ0) is 19.0. The number of aromatic amines is 1. The number of benzene rings is 1. The van der Waals surface area contributed by atoms with Crippen molar-refractivity contribution in [2.24, 2.45) is 5.92 Å². The third-order valence-corrected chi connectivity index (χ3v) is 5.04. The van der Waals surface area contributed by atoms with Gasteiger partial charge < -0.3 is 15.6 Å². The summed E-state index contributed by atoms with van der Waals surface area (Å²) in [7, 11) is 1.82. The summed E-state index contributed by atoms with van der Waals surface area (Å²) in [6.45, 7) is 2.03.